The molecule has 0 radical (unpaired) electrons. The zero-order chi connectivity index (χ0) is 12.1. The smallest absolute Gasteiger partial charge is 0.277 e. The second-order valence-electron chi connectivity index (χ2n) is 3.43. The number of amides is 1. The number of nitrogens with zero attached hydrogens (tertiary/aromatic N) is 2. The second-order valence-corrected chi connectivity index (χ2v) is 3.99. The second kappa shape index (κ2) is 5.51. The Morgan fingerprint density at radius 2 is 2.24 bits per heavy atom. The summed E-state index contributed by atoms with van der Waals surface area (Å²) in [7, 11) is 1.86. The van der Waals surface area contributed by atoms with E-state index in [4.69, 9.17) is 0 Å². The van der Waals surface area contributed by atoms with Gasteiger partial charge in [0.1, 0.15) is 0 Å². The lowest BCUT2D eigenvalue weighted by atomic mass is 10.1. The van der Waals surface area contributed by atoms with Gasteiger partial charge in [0.15, 0.2) is 5.69 Å². The molecule has 0 saturated carbocycles. The third kappa shape index (κ3) is 2.86. The van der Waals surface area contributed by atoms with Crippen molar-refractivity contribution in [3.05, 3.63) is 41.7 Å². The van der Waals surface area contributed by atoms with E-state index in [1.807, 2.05) is 31.3 Å². The molecule has 1 amide bonds. The Morgan fingerprint density at radius 3 is 2.94 bits per heavy atom. The third-order valence-electron chi connectivity index (χ3n) is 2.23. The molecule has 1 aromatic carbocycles. The highest BCUT2D eigenvalue weighted by atomic mass is 32.1. The van der Waals surface area contributed by atoms with Crippen LogP contribution in [0.5, 0.6) is 0 Å². The predicted molar refractivity (Wildman–Crippen MR) is 67.1 cm³/mol. The Kier molecular flexibility index (Phi) is 3.79. The zero-order valence-corrected chi connectivity index (χ0v) is 10.1. The van der Waals surface area contributed by atoms with Gasteiger partial charge >= 0.3 is 0 Å². The van der Waals surface area contributed by atoms with E-state index in [0.29, 0.717) is 12.2 Å². The van der Waals surface area contributed by atoms with Crippen molar-refractivity contribution in [3.8, 4) is 0 Å². The molecule has 2 N–H and O–H groups in total. The first kappa shape index (κ1) is 11.7. The fourth-order valence-corrected chi connectivity index (χ4v) is 1.85. The SMILES string of the molecule is CNCc1ccccc1NC(=O)c1cnsn1. The van der Waals surface area contributed by atoms with Crippen molar-refractivity contribution >= 4 is 23.3 Å². The maximum atomic E-state index is 11.8. The largest absolute Gasteiger partial charge is 0.320 e. The van der Waals surface area contributed by atoms with E-state index in [0.717, 1.165) is 23.0 Å². The lowest BCUT2D eigenvalue weighted by molar-refractivity contribution is 0.102. The number of carbonyl (C=O) groups excluding carboxylic acids is 1. The van der Waals surface area contributed by atoms with Crippen LogP contribution in [-0.2, 0) is 6.54 Å². The monoisotopic (exact) mass is 248 g/mol. The van der Waals surface area contributed by atoms with Gasteiger partial charge in [0, 0.05) is 12.2 Å². The van der Waals surface area contributed by atoms with Crippen LogP contribution in [0.15, 0.2) is 30.5 Å². The van der Waals surface area contributed by atoms with Gasteiger partial charge in [0.05, 0.1) is 17.9 Å². The number of hydrogen-bond donors (Lipinski definition) is 2. The molecule has 0 unspecified atom stereocenters. The lowest BCUT2D eigenvalue weighted by Gasteiger charge is -2.09. The fraction of sp³-hybridized carbons (Fsp3) is 0.182. The maximum absolute atomic E-state index is 11.8. The molecule has 1 aromatic heterocycles. The van der Waals surface area contributed by atoms with Gasteiger partial charge in [-0.2, -0.15) is 8.75 Å². The summed E-state index contributed by atoms with van der Waals surface area (Å²) in [4.78, 5) is 11.8. The molecule has 0 aliphatic carbocycles. The molecule has 5 nitrogen and oxygen atoms in total. The Hall–Kier alpha value is -1.79. The highest BCUT2D eigenvalue weighted by Crippen LogP contribution is 2.15. The number of carbonyl (C=O) groups is 1. The van der Waals surface area contributed by atoms with E-state index in [2.05, 4.69) is 19.4 Å². The number of para-hydroxylation sites is 1. The van der Waals surface area contributed by atoms with Gasteiger partial charge in [-0.25, -0.2) is 0 Å². The van der Waals surface area contributed by atoms with E-state index >= 15 is 0 Å². The summed E-state index contributed by atoms with van der Waals surface area (Å²) in [5.41, 5.74) is 2.17. The Bertz CT molecular complexity index is 498. The van der Waals surface area contributed by atoms with Gasteiger partial charge in [0.25, 0.3) is 5.91 Å². The highest BCUT2D eigenvalue weighted by Gasteiger charge is 2.10. The fourth-order valence-electron chi connectivity index (χ4n) is 1.44. The molecule has 0 aliphatic rings. The lowest BCUT2D eigenvalue weighted by Crippen LogP contribution is -2.15. The maximum Gasteiger partial charge on any atom is 0.277 e. The van der Waals surface area contributed by atoms with Crippen molar-refractivity contribution in [2.24, 2.45) is 0 Å². The molecule has 17 heavy (non-hydrogen) atoms. The normalized spacial score (nSPS) is 10.2. The minimum Gasteiger partial charge on any atom is -0.320 e. The van der Waals surface area contributed by atoms with E-state index in [1.165, 1.54) is 6.20 Å². The molecule has 2 rings (SSSR count). The molecular formula is C11H12N4OS. The quantitative estimate of drug-likeness (QED) is 0.860. The van der Waals surface area contributed by atoms with Crippen molar-refractivity contribution in [2.75, 3.05) is 12.4 Å². The van der Waals surface area contributed by atoms with Gasteiger partial charge in [0.2, 0.25) is 0 Å². The number of hydrogen-bond acceptors (Lipinski definition) is 5. The van der Waals surface area contributed by atoms with E-state index in [1.54, 1.807) is 0 Å². The summed E-state index contributed by atoms with van der Waals surface area (Å²) in [6.07, 6.45) is 1.46. The molecule has 0 aliphatic heterocycles. The van der Waals surface area contributed by atoms with Crippen LogP contribution in [0.2, 0.25) is 0 Å². The minimum absolute atomic E-state index is 0.234. The van der Waals surface area contributed by atoms with Crippen molar-refractivity contribution in [1.82, 2.24) is 14.1 Å². The zero-order valence-electron chi connectivity index (χ0n) is 9.30. The summed E-state index contributed by atoms with van der Waals surface area (Å²) in [5, 5.41) is 5.88. The van der Waals surface area contributed by atoms with E-state index < -0.39 is 0 Å². The standard InChI is InChI=1S/C11H12N4OS/c1-12-6-8-4-2-3-5-9(8)14-11(16)10-7-13-17-15-10/h2-5,7,12H,6H2,1H3,(H,14,16). The van der Waals surface area contributed by atoms with E-state index in [9.17, 15) is 4.79 Å². The van der Waals surface area contributed by atoms with Crippen LogP contribution >= 0.6 is 11.7 Å². The summed E-state index contributed by atoms with van der Waals surface area (Å²) in [6, 6.07) is 7.65. The number of rotatable bonds is 4. The Balaban J connectivity index is 2.15. The minimum atomic E-state index is -0.234. The first-order valence-electron chi connectivity index (χ1n) is 5.12. The van der Waals surface area contributed by atoms with Crippen LogP contribution in [0.3, 0.4) is 0 Å². The molecule has 0 saturated heterocycles. The molecule has 0 bridgehead atoms. The van der Waals surface area contributed by atoms with Crippen LogP contribution in [0, 0.1) is 0 Å². The van der Waals surface area contributed by atoms with Crippen LogP contribution < -0.4 is 10.6 Å². The van der Waals surface area contributed by atoms with Crippen molar-refractivity contribution in [3.63, 3.8) is 0 Å². The van der Waals surface area contributed by atoms with Crippen LogP contribution in [0.1, 0.15) is 16.1 Å². The highest BCUT2D eigenvalue weighted by molar-refractivity contribution is 6.99. The molecule has 88 valence electrons. The third-order valence-corrected chi connectivity index (χ3v) is 2.70. The van der Waals surface area contributed by atoms with Crippen molar-refractivity contribution in [1.29, 1.82) is 0 Å². The number of aromatic nitrogens is 2. The van der Waals surface area contributed by atoms with Gasteiger partial charge in [-0.05, 0) is 18.7 Å². The molecule has 2 aromatic rings. The topological polar surface area (TPSA) is 66.9 Å². The number of nitrogens with one attached hydrogen (secondary N) is 2. The van der Waals surface area contributed by atoms with E-state index in [-0.39, 0.29) is 5.91 Å². The van der Waals surface area contributed by atoms with Crippen molar-refractivity contribution in [2.45, 2.75) is 6.54 Å². The molecule has 0 atom stereocenters. The van der Waals surface area contributed by atoms with Gasteiger partial charge in [-0.3, -0.25) is 4.79 Å². The van der Waals surface area contributed by atoms with Gasteiger partial charge in [-0.15, -0.1) is 0 Å². The van der Waals surface area contributed by atoms with Gasteiger partial charge in [-0.1, -0.05) is 18.2 Å². The number of benzene rings is 1. The van der Waals surface area contributed by atoms with Crippen LogP contribution in [0.4, 0.5) is 5.69 Å². The molecule has 0 spiro atoms. The first-order valence-corrected chi connectivity index (χ1v) is 5.85. The van der Waals surface area contributed by atoms with Crippen molar-refractivity contribution < 1.29 is 4.79 Å². The molecule has 0 fully saturated rings. The Labute approximate surface area is 103 Å². The molecule has 1 heterocycles. The summed E-state index contributed by atoms with van der Waals surface area (Å²) < 4.78 is 7.69. The summed E-state index contributed by atoms with van der Waals surface area (Å²) in [6.45, 7) is 0.700. The summed E-state index contributed by atoms with van der Waals surface area (Å²) >= 11 is 1.02. The average molecular weight is 248 g/mol. The molecule has 6 heteroatoms. The number of anilines is 1. The average Bonchev–Trinajstić information content (AvgIpc) is 2.85. The van der Waals surface area contributed by atoms with Crippen LogP contribution in [0.25, 0.3) is 0 Å². The Morgan fingerprint density at radius 1 is 1.41 bits per heavy atom. The first-order chi connectivity index (χ1) is 8.31. The molecular weight excluding hydrogens is 236 g/mol. The van der Waals surface area contributed by atoms with Crippen LogP contribution in [-0.4, -0.2) is 21.7 Å². The predicted octanol–water partition coefficient (Wildman–Crippen LogP) is 1.51. The van der Waals surface area contributed by atoms with Gasteiger partial charge < -0.3 is 10.6 Å². The summed E-state index contributed by atoms with van der Waals surface area (Å²) in [5.74, 6) is -0.234.